The highest BCUT2D eigenvalue weighted by Gasteiger charge is 2.37. The van der Waals surface area contributed by atoms with Crippen LogP contribution in [0, 0.1) is 5.41 Å². The zero-order valence-corrected chi connectivity index (χ0v) is 26.7. The van der Waals surface area contributed by atoms with Crippen molar-refractivity contribution in [1.82, 2.24) is 4.90 Å². The predicted molar refractivity (Wildman–Crippen MR) is 170 cm³/mol. The van der Waals surface area contributed by atoms with E-state index in [2.05, 4.69) is 25.3 Å². The van der Waals surface area contributed by atoms with E-state index in [1.54, 1.807) is 18.7 Å². The fraction of sp³-hybridized carbons (Fsp3) is 0.500. The number of amides is 1. The zero-order valence-electron chi connectivity index (χ0n) is 26.7. The van der Waals surface area contributed by atoms with Crippen molar-refractivity contribution in [1.29, 1.82) is 0 Å². The summed E-state index contributed by atoms with van der Waals surface area (Å²) in [7, 11) is 0. The lowest BCUT2D eigenvalue weighted by Crippen LogP contribution is -2.50. The number of para-hydroxylation sites is 1. The minimum Gasteiger partial charge on any atom is -0.449 e. The number of aliphatic hydroxyl groups is 1. The van der Waals surface area contributed by atoms with Gasteiger partial charge >= 0.3 is 6.09 Å². The highest BCUT2D eigenvalue weighted by atomic mass is 19.2. The summed E-state index contributed by atoms with van der Waals surface area (Å²) in [5.41, 5.74) is 3.23. The molecule has 3 rings (SSSR count). The van der Waals surface area contributed by atoms with Crippen LogP contribution in [0.15, 0.2) is 72.8 Å². The largest absolute Gasteiger partial charge is 0.449 e. The molecule has 1 aliphatic rings. The van der Waals surface area contributed by atoms with Crippen molar-refractivity contribution in [3.8, 4) is 0 Å². The Balaban J connectivity index is 0.00000119. The smallest absolute Gasteiger partial charge is 0.414 e. The van der Waals surface area contributed by atoms with Crippen LogP contribution in [0.1, 0.15) is 72.9 Å². The van der Waals surface area contributed by atoms with Gasteiger partial charge in [-0.1, -0.05) is 76.7 Å². The van der Waals surface area contributed by atoms with Crippen LogP contribution in [-0.4, -0.2) is 55.1 Å². The Kier molecular flexibility index (Phi) is 19.2. The van der Waals surface area contributed by atoms with Crippen LogP contribution >= 0.6 is 0 Å². The van der Waals surface area contributed by atoms with Crippen molar-refractivity contribution in [2.45, 2.75) is 74.5 Å². The minimum absolute atomic E-state index is 0.140. The van der Waals surface area contributed by atoms with E-state index in [1.165, 1.54) is 0 Å². The number of nitrogens with zero attached hydrogens (tertiary/aromatic N) is 2. The average Bonchev–Trinajstić information content (AvgIpc) is 2.98. The summed E-state index contributed by atoms with van der Waals surface area (Å²) in [5, 5.41) is 8.06. The third-order valence-electron chi connectivity index (χ3n) is 6.28. The van der Waals surface area contributed by atoms with Gasteiger partial charge in [-0.25, -0.2) is 18.0 Å². The molecule has 0 saturated carbocycles. The third-order valence-corrected chi connectivity index (χ3v) is 6.28. The molecule has 1 aliphatic heterocycles. The van der Waals surface area contributed by atoms with Gasteiger partial charge in [-0.15, -0.1) is 0 Å². The van der Waals surface area contributed by atoms with Crippen molar-refractivity contribution < 1.29 is 27.8 Å². The van der Waals surface area contributed by atoms with Gasteiger partial charge in [0.1, 0.15) is 24.9 Å². The number of carbonyl (C=O) groups excluding carboxylic acids is 1. The molecule has 2 aromatic carbocycles. The molecule has 1 N–H and O–H groups in total. The molecule has 1 amide bonds. The van der Waals surface area contributed by atoms with Crippen LogP contribution in [0.5, 0.6) is 0 Å². The Hall–Kier alpha value is -3.10. The van der Waals surface area contributed by atoms with Gasteiger partial charge in [-0.05, 0) is 76.0 Å². The van der Waals surface area contributed by atoms with Crippen molar-refractivity contribution in [2.75, 3.05) is 37.8 Å². The summed E-state index contributed by atoms with van der Waals surface area (Å²) in [6.07, 6.45) is 0.439. The molecule has 236 valence electrons. The summed E-state index contributed by atoms with van der Waals surface area (Å²) in [6.45, 7) is 20.8. The van der Waals surface area contributed by atoms with Crippen LogP contribution in [-0.2, 0) is 11.3 Å². The highest BCUT2D eigenvalue weighted by molar-refractivity contribution is 5.88. The first kappa shape index (κ1) is 38.9. The lowest BCUT2D eigenvalue weighted by molar-refractivity contribution is 0.0606. The van der Waals surface area contributed by atoms with E-state index in [4.69, 9.17) is 9.84 Å². The number of carbonyl (C=O) groups is 1. The summed E-state index contributed by atoms with van der Waals surface area (Å²) in [5.74, 6) is -1.48. The maximum atomic E-state index is 13.2. The first-order chi connectivity index (χ1) is 19.8. The normalized spacial score (nSPS) is 16.6. The Morgan fingerprint density at radius 2 is 1.60 bits per heavy atom. The van der Waals surface area contributed by atoms with E-state index in [0.29, 0.717) is 18.7 Å². The minimum atomic E-state index is -0.741. The van der Waals surface area contributed by atoms with E-state index < -0.39 is 18.3 Å². The van der Waals surface area contributed by atoms with Gasteiger partial charge in [0.15, 0.2) is 0 Å². The maximum Gasteiger partial charge on any atom is 0.414 e. The van der Waals surface area contributed by atoms with E-state index in [-0.39, 0.29) is 17.6 Å². The van der Waals surface area contributed by atoms with E-state index >= 15 is 0 Å². The fourth-order valence-corrected chi connectivity index (χ4v) is 3.85. The van der Waals surface area contributed by atoms with Gasteiger partial charge in [-0.2, -0.15) is 0 Å². The van der Waals surface area contributed by atoms with Crippen LogP contribution in [0.3, 0.4) is 0 Å². The Bertz CT molecular complexity index is 1070. The molecule has 0 radical (unpaired) electrons. The van der Waals surface area contributed by atoms with Gasteiger partial charge < -0.3 is 9.84 Å². The summed E-state index contributed by atoms with van der Waals surface area (Å²) >= 11 is 0. The first-order valence-corrected chi connectivity index (χ1v) is 14.5. The van der Waals surface area contributed by atoms with Crippen LogP contribution < -0.4 is 4.90 Å². The average molecular weight is 593 g/mol. The van der Waals surface area contributed by atoms with E-state index in [0.717, 1.165) is 56.7 Å². The maximum absolute atomic E-state index is 13.2. The quantitative estimate of drug-likeness (QED) is 0.316. The lowest BCUT2D eigenvalue weighted by atomic mass is 9.85. The summed E-state index contributed by atoms with van der Waals surface area (Å²) in [4.78, 5) is 16.4. The number of hydrogen-bond donors (Lipinski definition) is 1. The van der Waals surface area contributed by atoms with Crippen molar-refractivity contribution in [3.05, 3.63) is 84.0 Å². The molecule has 0 bridgehead atoms. The second kappa shape index (κ2) is 20.7. The molecular weight excluding hydrogens is 541 g/mol. The van der Waals surface area contributed by atoms with E-state index in [1.807, 2.05) is 68.4 Å². The molecule has 1 atom stereocenters. The third kappa shape index (κ3) is 14.7. The first-order valence-electron chi connectivity index (χ1n) is 14.5. The molecule has 0 aromatic heterocycles. The number of cyclic esters (lactones) is 1. The standard InChI is InChI=1S/C25H31FN2O2.C4H6F2.C3H8O.C2H6/c1-4-27(17-21-10-8-9-13-23(21)20(2)16-26)15-14-25(3)18-28(24(29)30-19-25)22-11-6-5-7-12-22;1-3(5)4(2)6;1-3(2)4;1-2/h5-13H,2,4,14-19H2,1,3H3;1-2H3;3-4H,1-2H3;1-2H3/b;4-3-;;. The van der Waals surface area contributed by atoms with Gasteiger partial charge in [0.05, 0.1) is 0 Å². The molecule has 1 fully saturated rings. The van der Waals surface area contributed by atoms with Crippen LogP contribution in [0.4, 0.5) is 23.7 Å². The molecule has 0 spiro atoms. The molecule has 1 heterocycles. The Morgan fingerprint density at radius 1 is 1.07 bits per heavy atom. The molecule has 1 unspecified atom stereocenters. The molecule has 2 aromatic rings. The molecule has 8 heteroatoms. The number of allylic oxidation sites excluding steroid dienone is 3. The molecule has 0 aliphatic carbocycles. The van der Waals surface area contributed by atoms with Crippen molar-refractivity contribution in [3.63, 3.8) is 0 Å². The SMILES string of the molecule is C/C(F)=C(\C)F.C=C(CF)c1ccccc1CN(CC)CCC1(C)COC(=O)N(c2ccccc2)C1.CC.CC(C)O. The van der Waals surface area contributed by atoms with Crippen molar-refractivity contribution >= 4 is 17.4 Å². The number of rotatable bonds is 9. The van der Waals surface area contributed by atoms with Gasteiger partial charge in [0, 0.05) is 30.3 Å². The number of ether oxygens (including phenoxy) is 1. The van der Waals surface area contributed by atoms with Gasteiger partial charge in [0.2, 0.25) is 0 Å². The Morgan fingerprint density at radius 3 is 2.10 bits per heavy atom. The van der Waals surface area contributed by atoms with Crippen LogP contribution in [0.25, 0.3) is 5.57 Å². The topological polar surface area (TPSA) is 53.0 Å². The number of aliphatic hydroxyl groups excluding tert-OH is 1. The second-order valence-electron chi connectivity index (χ2n) is 10.5. The van der Waals surface area contributed by atoms with Crippen LogP contribution in [0.2, 0.25) is 0 Å². The Labute approximate surface area is 251 Å². The molecule has 1 saturated heterocycles. The van der Waals surface area contributed by atoms with Crippen molar-refractivity contribution in [2.24, 2.45) is 5.41 Å². The molecule has 5 nitrogen and oxygen atoms in total. The highest BCUT2D eigenvalue weighted by Crippen LogP contribution is 2.32. The predicted octanol–water partition coefficient (Wildman–Crippen LogP) is 9.13. The summed E-state index contributed by atoms with van der Waals surface area (Å²) in [6, 6.07) is 17.5. The van der Waals surface area contributed by atoms with Gasteiger partial charge in [-0.3, -0.25) is 9.80 Å². The number of alkyl halides is 1. The number of benzene rings is 2. The fourth-order valence-electron chi connectivity index (χ4n) is 3.85. The molecular formula is C34H51F3N2O3. The zero-order chi connectivity index (χ0) is 32.3. The number of anilines is 1. The monoisotopic (exact) mass is 592 g/mol. The number of halogens is 3. The van der Waals surface area contributed by atoms with Gasteiger partial charge in [0.25, 0.3) is 0 Å². The second-order valence-corrected chi connectivity index (χ2v) is 10.5. The molecule has 42 heavy (non-hydrogen) atoms. The van der Waals surface area contributed by atoms with E-state index in [9.17, 15) is 18.0 Å². The summed E-state index contributed by atoms with van der Waals surface area (Å²) < 4.78 is 41.3. The number of hydrogen-bond acceptors (Lipinski definition) is 4. The lowest BCUT2D eigenvalue weighted by Gasteiger charge is -2.40.